The summed E-state index contributed by atoms with van der Waals surface area (Å²) in [6, 6.07) is 3.53. The van der Waals surface area contributed by atoms with Crippen LogP contribution in [0.25, 0.3) is 0 Å². The molecule has 0 aromatic heterocycles. The van der Waals surface area contributed by atoms with Crippen molar-refractivity contribution in [1.29, 1.82) is 0 Å². The van der Waals surface area contributed by atoms with E-state index in [0.29, 0.717) is 30.7 Å². The van der Waals surface area contributed by atoms with Gasteiger partial charge < -0.3 is 4.74 Å². The fourth-order valence-electron chi connectivity index (χ4n) is 3.07. The monoisotopic (exact) mass is 311 g/mol. The SMILES string of the molecule is COc1cc(C)c(C)cc1S(=O)(=O)N1C[C@H](C)C[C@H](C)C1. The zero-order chi connectivity index (χ0) is 15.8. The Morgan fingerprint density at radius 3 is 2.14 bits per heavy atom. The van der Waals surface area contributed by atoms with Crippen molar-refractivity contribution in [2.45, 2.75) is 39.0 Å². The number of ether oxygens (including phenoxy) is 1. The highest BCUT2D eigenvalue weighted by Gasteiger charge is 2.33. The van der Waals surface area contributed by atoms with Crippen LogP contribution >= 0.6 is 0 Å². The summed E-state index contributed by atoms with van der Waals surface area (Å²) < 4.78 is 32.9. The molecule has 1 saturated heterocycles. The summed E-state index contributed by atoms with van der Waals surface area (Å²) in [5.41, 5.74) is 2.00. The predicted octanol–water partition coefficient (Wildman–Crippen LogP) is 2.98. The molecular formula is C16H25NO3S. The van der Waals surface area contributed by atoms with Gasteiger partial charge in [0, 0.05) is 13.1 Å². The highest BCUT2D eigenvalue weighted by atomic mass is 32.2. The quantitative estimate of drug-likeness (QED) is 0.862. The number of aryl methyl sites for hydroxylation is 2. The van der Waals surface area contributed by atoms with Crippen molar-refractivity contribution in [2.75, 3.05) is 20.2 Å². The summed E-state index contributed by atoms with van der Waals surface area (Å²) in [4.78, 5) is 0.286. The Balaban J connectivity index is 2.46. The average molecular weight is 311 g/mol. The molecule has 2 rings (SSSR count). The van der Waals surface area contributed by atoms with E-state index in [1.807, 2.05) is 13.8 Å². The number of nitrogens with zero attached hydrogens (tertiary/aromatic N) is 1. The smallest absolute Gasteiger partial charge is 0.246 e. The second-order valence-corrected chi connectivity index (χ2v) is 8.26. The van der Waals surface area contributed by atoms with Gasteiger partial charge in [0.05, 0.1) is 7.11 Å². The van der Waals surface area contributed by atoms with Crippen LogP contribution in [-0.2, 0) is 10.0 Å². The first-order chi connectivity index (χ1) is 9.75. The lowest BCUT2D eigenvalue weighted by Gasteiger charge is -2.34. The molecule has 1 heterocycles. The van der Waals surface area contributed by atoms with Gasteiger partial charge >= 0.3 is 0 Å². The van der Waals surface area contributed by atoms with Crippen LogP contribution in [0.1, 0.15) is 31.4 Å². The molecule has 1 aromatic rings. The van der Waals surface area contributed by atoms with Gasteiger partial charge in [-0.25, -0.2) is 8.42 Å². The minimum absolute atomic E-state index is 0.286. The molecule has 0 N–H and O–H groups in total. The lowest BCUT2D eigenvalue weighted by atomic mass is 9.94. The van der Waals surface area contributed by atoms with Crippen molar-refractivity contribution >= 4 is 10.0 Å². The van der Waals surface area contributed by atoms with Gasteiger partial charge in [0.15, 0.2) is 0 Å². The van der Waals surface area contributed by atoms with E-state index in [1.54, 1.807) is 16.4 Å². The van der Waals surface area contributed by atoms with Crippen LogP contribution in [-0.4, -0.2) is 32.9 Å². The van der Waals surface area contributed by atoms with Crippen molar-refractivity contribution in [3.05, 3.63) is 23.3 Å². The Morgan fingerprint density at radius 1 is 1.10 bits per heavy atom. The van der Waals surface area contributed by atoms with Gasteiger partial charge in [-0.1, -0.05) is 13.8 Å². The Kier molecular flexibility index (Phi) is 4.63. The van der Waals surface area contributed by atoms with Gasteiger partial charge in [0.25, 0.3) is 0 Å². The zero-order valence-corrected chi connectivity index (χ0v) is 14.3. The highest BCUT2D eigenvalue weighted by Crippen LogP contribution is 2.32. The van der Waals surface area contributed by atoms with E-state index in [0.717, 1.165) is 17.5 Å². The van der Waals surface area contributed by atoms with Gasteiger partial charge in [-0.3, -0.25) is 0 Å². The van der Waals surface area contributed by atoms with Crippen LogP contribution < -0.4 is 4.74 Å². The Hall–Kier alpha value is -1.07. The summed E-state index contributed by atoms with van der Waals surface area (Å²) in [6.45, 7) is 9.27. The minimum Gasteiger partial charge on any atom is -0.495 e. The number of methoxy groups -OCH3 is 1. The van der Waals surface area contributed by atoms with E-state index >= 15 is 0 Å². The molecule has 1 aliphatic heterocycles. The normalized spacial score (nSPS) is 24.0. The van der Waals surface area contributed by atoms with E-state index in [-0.39, 0.29) is 4.90 Å². The van der Waals surface area contributed by atoms with E-state index in [4.69, 9.17) is 4.74 Å². The second kappa shape index (κ2) is 5.97. The van der Waals surface area contributed by atoms with E-state index in [2.05, 4.69) is 13.8 Å². The molecule has 0 radical (unpaired) electrons. The Bertz CT molecular complexity index is 615. The van der Waals surface area contributed by atoms with Crippen molar-refractivity contribution in [1.82, 2.24) is 4.31 Å². The number of hydrogen-bond donors (Lipinski definition) is 0. The summed E-state index contributed by atoms with van der Waals surface area (Å²) in [6.07, 6.45) is 1.08. The fraction of sp³-hybridized carbons (Fsp3) is 0.625. The maximum absolute atomic E-state index is 13.0. The van der Waals surface area contributed by atoms with Crippen molar-refractivity contribution in [2.24, 2.45) is 11.8 Å². The molecule has 0 spiro atoms. The summed E-state index contributed by atoms with van der Waals surface area (Å²) in [5.74, 6) is 1.21. The largest absolute Gasteiger partial charge is 0.495 e. The van der Waals surface area contributed by atoms with Crippen molar-refractivity contribution < 1.29 is 13.2 Å². The summed E-state index contributed by atoms with van der Waals surface area (Å²) in [5, 5.41) is 0. The zero-order valence-electron chi connectivity index (χ0n) is 13.5. The summed E-state index contributed by atoms with van der Waals surface area (Å²) in [7, 11) is -1.98. The molecule has 5 heteroatoms. The van der Waals surface area contributed by atoms with Crippen LogP contribution in [0.15, 0.2) is 17.0 Å². The maximum atomic E-state index is 13.0. The molecular weight excluding hydrogens is 286 g/mol. The lowest BCUT2D eigenvalue weighted by molar-refractivity contribution is 0.222. The van der Waals surface area contributed by atoms with E-state index in [9.17, 15) is 8.42 Å². The lowest BCUT2D eigenvalue weighted by Crippen LogP contribution is -2.42. The van der Waals surface area contributed by atoms with E-state index < -0.39 is 10.0 Å². The van der Waals surface area contributed by atoms with Crippen molar-refractivity contribution in [3.8, 4) is 5.75 Å². The van der Waals surface area contributed by atoms with Gasteiger partial charge in [-0.15, -0.1) is 0 Å². The second-order valence-electron chi connectivity index (χ2n) is 6.36. The standard InChI is InChI=1S/C16H25NO3S/c1-11-6-12(2)10-17(9-11)21(18,19)16-8-14(4)13(3)7-15(16)20-5/h7-8,11-12H,6,9-10H2,1-5H3/t11-,12+. The molecule has 0 saturated carbocycles. The number of benzene rings is 1. The fourth-order valence-corrected chi connectivity index (χ4v) is 4.97. The number of hydrogen-bond acceptors (Lipinski definition) is 3. The first-order valence-electron chi connectivity index (χ1n) is 7.41. The van der Waals surface area contributed by atoms with Gasteiger partial charge in [0.2, 0.25) is 10.0 Å². The first-order valence-corrected chi connectivity index (χ1v) is 8.85. The highest BCUT2D eigenvalue weighted by molar-refractivity contribution is 7.89. The number of sulfonamides is 1. The number of rotatable bonds is 3. The van der Waals surface area contributed by atoms with Crippen LogP contribution in [0.2, 0.25) is 0 Å². The molecule has 118 valence electrons. The third-order valence-corrected chi connectivity index (χ3v) is 6.09. The molecule has 0 aliphatic carbocycles. The van der Waals surface area contributed by atoms with Crippen LogP contribution in [0.5, 0.6) is 5.75 Å². The molecule has 0 bridgehead atoms. The van der Waals surface area contributed by atoms with Gasteiger partial charge in [0.1, 0.15) is 10.6 Å². The van der Waals surface area contributed by atoms with Gasteiger partial charge in [-0.2, -0.15) is 4.31 Å². The van der Waals surface area contributed by atoms with Crippen LogP contribution in [0.3, 0.4) is 0 Å². The molecule has 1 fully saturated rings. The third kappa shape index (κ3) is 3.24. The first kappa shape index (κ1) is 16.3. The summed E-state index contributed by atoms with van der Waals surface area (Å²) >= 11 is 0. The molecule has 21 heavy (non-hydrogen) atoms. The van der Waals surface area contributed by atoms with E-state index in [1.165, 1.54) is 7.11 Å². The molecule has 1 aliphatic rings. The van der Waals surface area contributed by atoms with Crippen molar-refractivity contribution in [3.63, 3.8) is 0 Å². The maximum Gasteiger partial charge on any atom is 0.246 e. The number of piperidine rings is 1. The molecule has 0 unspecified atom stereocenters. The molecule has 4 nitrogen and oxygen atoms in total. The van der Waals surface area contributed by atoms with Gasteiger partial charge in [-0.05, 0) is 55.4 Å². The minimum atomic E-state index is -3.50. The molecule has 0 amide bonds. The van der Waals surface area contributed by atoms with Crippen LogP contribution in [0, 0.1) is 25.7 Å². The molecule has 1 aromatic carbocycles. The Morgan fingerprint density at radius 2 is 1.62 bits per heavy atom. The Labute approximate surface area is 128 Å². The molecule has 2 atom stereocenters. The third-order valence-electron chi connectivity index (χ3n) is 4.23. The average Bonchev–Trinajstić information content (AvgIpc) is 2.40. The predicted molar refractivity (Wildman–Crippen MR) is 84.2 cm³/mol. The topological polar surface area (TPSA) is 46.6 Å². The van der Waals surface area contributed by atoms with Crippen LogP contribution in [0.4, 0.5) is 0 Å².